The normalized spacial score (nSPS) is 13.9. The minimum absolute atomic E-state index is 0.0179. The molecule has 0 unspecified atom stereocenters. The second-order valence-electron chi connectivity index (χ2n) is 7.17. The number of esters is 1. The van der Waals surface area contributed by atoms with Gasteiger partial charge in [-0.1, -0.05) is 29.8 Å². The van der Waals surface area contributed by atoms with Crippen molar-refractivity contribution in [2.45, 2.75) is 18.4 Å². The number of aromatic nitrogens is 1. The van der Waals surface area contributed by atoms with Crippen LogP contribution in [0, 0.1) is 5.82 Å². The smallest absolute Gasteiger partial charge is 0.337 e. The van der Waals surface area contributed by atoms with Crippen LogP contribution in [-0.4, -0.2) is 24.0 Å². The number of methoxy groups -OCH3 is 1. The average Bonchev–Trinajstić information content (AvgIpc) is 3.55. The summed E-state index contributed by atoms with van der Waals surface area (Å²) in [5.74, 6) is -1.09. The van der Waals surface area contributed by atoms with E-state index in [2.05, 4.69) is 10.3 Å². The maximum Gasteiger partial charge on any atom is 0.337 e. The van der Waals surface area contributed by atoms with Crippen LogP contribution in [0.4, 0.5) is 4.39 Å². The monoisotopic (exact) mass is 440 g/mol. The molecule has 0 aliphatic heterocycles. The van der Waals surface area contributed by atoms with E-state index < -0.39 is 23.2 Å². The molecule has 1 N–H and O–H groups in total. The summed E-state index contributed by atoms with van der Waals surface area (Å²) < 4.78 is 23.8. The van der Waals surface area contributed by atoms with Gasteiger partial charge in [-0.15, -0.1) is 0 Å². The van der Waals surface area contributed by atoms with Gasteiger partial charge in [0.15, 0.2) is 0 Å². The maximum atomic E-state index is 13.5. The Kier molecular flexibility index (Phi) is 5.61. The number of carbonyl (C=O) groups is 2. The third kappa shape index (κ3) is 4.51. The Morgan fingerprint density at radius 2 is 1.87 bits per heavy atom. The molecule has 1 aliphatic rings. The lowest BCUT2D eigenvalue weighted by Crippen LogP contribution is -2.35. The number of hydrogen-bond donors (Lipinski definition) is 1. The van der Waals surface area contributed by atoms with Crippen LogP contribution in [0.2, 0.25) is 5.02 Å². The van der Waals surface area contributed by atoms with E-state index in [0.717, 1.165) is 18.4 Å². The van der Waals surface area contributed by atoms with Crippen LogP contribution < -0.4 is 10.1 Å². The molecule has 1 aromatic heterocycles. The predicted molar refractivity (Wildman–Crippen MR) is 112 cm³/mol. The van der Waals surface area contributed by atoms with Crippen molar-refractivity contribution in [2.75, 3.05) is 7.11 Å². The van der Waals surface area contributed by atoms with E-state index in [1.165, 1.54) is 37.6 Å². The summed E-state index contributed by atoms with van der Waals surface area (Å²) in [5.41, 5.74) is 0.882. The standard InChI is InChI=1S/C23H18ClFN2O4/c1-30-22(29)14-5-7-15(8-6-14)23(9-10-23)27-20(28)19-11-16(24)13-26-21(19)31-18-4-2-3-17(25)12-18/h2-8,11-13H,9-10H2,1H3,(H,27,28). The van der Waals surface area contributed by atoms with Crippen molar-refractivity contribution in [1.82, 2.24) is 10.3 Å². The minimum atomic E-state index is -0.551. The first kappa shape index (κ1) is 20.8. The molecule has 0 radical (unpaired) electrons. The van der Waals surface area contributed by atoms with Crippen LogP contribution in [0.3, 0.4) is 0 Å². The number of pyridine rings is 1. The molecule has 0 bridgehead atoms. The average molecular weight is 441 g/mol. The van der Waals surface area contributed by atoms with Gasteiger partial charge in [0.1, 0.15) is 17.1 Å². The Morgan fingerprint density at radius 3 is 2.52 bits per heavy atom. The number of nitrogens with zero attached hydrogens (tertiary/aromatic N) is 1. The Morgan fingerprint density at radius 1 is 1.13 bits per heavy atom. The number of rotatable bonds is 6. The zero-order chi connectivity index (χ0) is 22.0. The summed E-state index contributed by atoms with van der Waals surface area (Å²) in [4.78, 5) is 28.8. The second-order valence-corrected chi connectivity index (χ2v) is 7.61. The number of halogens is 2. The van der Waals surface area contributed by atoms with E-state index in [1.807, 2.05) is 0 Å². The molecule has 1 aliphatic carbocycles. The quantitative estimate of drug-likeness (QED) is 0.553. The first-order valence-electron chi connectivity index (χ1n) is 9.50. The van der Waals surface area contributed by atoms with Crippen LogP contribution in [0.5, 0.6) is 11.6 Å². The number of nitrogens with one attached hydrogen (secondary N) is 1. The number of amides is 1. The first-order chi connectivity index (χ1) is 14.9. The molecule has 2 aromatic carbocycles. The third-order valence-electron chi connectivity index (χ3n) is 5.03. The van der Waals surface area contributed by atoms with Crippen molar-refractivity contribution >= 4 is 23.5 Å². The van der Waals surface area contributed by atoms with Crippen LogP contribution in [-0.2, 0) is 10.3 Å². The van der Waals surface area contributed by atoms with Gasteiger partial charge in [-0.05, 0) is 48.7 Å². The molecule has 1 heterocycles. The van der Waals surface area contributed by atoms with Gasteiger partial charge in [-0.3, -0.25) is 4.79 Å². The summed E-state index contributed by atoms with van der Waals surface area (Å²) in [6.07, 6.45) is 2.83. The lowest BCUT2D eigenvalue weighted by atomic mass is 10.0. The van der Waals surface area contributed by atoms with Crippen LogP contribution >= 0.6 is 11.6 Å². The maximum absolute atomic E-state index is 13.5. The molecule has 0 spiro atoms. The van der Waals surface area contributed by atoms with E-state index in [-0.39, 0.29) is 22.2 Å². The number of benzene rings is 2. The Hall–Kier alpha value is -3.45. The van der Waals surface area contributed by atoms with Gasteiger partial charge in [0, 0.05) is 12.3 Å². The Bertz CT molecular complexity index is 1150. The lowest BCUT2D eigenvalue weighted by molar-refractivity contribution is 0.0600. The number of ether oxygens (including phenoxy) is 2. The molecule has 0 saturated heterocycles. The van der Waals surface area contributed by atoms with Gasteiger partial charge in [0.05, 0.1) is 23.2 Å². The molecule has 8 heteroatoms. The molecule has 1 fully saturated rings. The fourth-order valence-electron chi connectivity index (χ4n) is 3.25. The van der Waals surface area contributed by atoms with Crippen LogP contribution in [0.25, 0.3) is 0 Å². The highest BCUT2D eigenvalue weighted by atomic mass is 35.5. The Labute approximate surface area is 183 Å². The van der Waals surface area contributed by atoms with Crippen molar-refractivity contribution < 1.29 is 23.5 Å². The topological polar surface area (TPSA) is 77.5 Å². The highest BCUT2D eigenvalue weighted by Gasteiger charge is 2.46. The van der Waals surface area contributed by atoms with Crippen LogP contribution in [0.15, 0.2) is 60.8 Å². The molecular weight excluding hydrogens is 423 g/mol. The third-order valence-corrected chi connectivity index (χ3v) is 5.24. The number of hydrogen-bond acceptors (Lipinski definition) is 5. The van der Waals surface area contributed by atoms with E-state index in [4.69, 9.17) is 21.1 Å². The molecule has 31 heavy (non-hydrogen) atoms. The summed E-state index contributed by atoms with van der Waals surface area (Å²) in [6, 6.07) is 13.9. The first-order valence-corrected chi connectivity index (χ1v) is 9.88. The fourth-order valence-corrected chi connectivity index (χ4v) is 3.41. The summed E-state index contributed by atoms with van der Waals surface area (Å²) in [5, 5.41) is 3.29. The highest BCUT2D eigenvalue weighted by Crippen LogP contribution is 2.46. The van der Waals surface area contributed by atoms with Gasteiger partial charge in [-0.2, -0.15) is 0 Å². The summed E-state index contributed by atoms with van der Waals surface area (Å²) >= 11 is 6.05. The molecular formula is C23H18ClFN2O4. The summed E-state index contributed by atoms with van der Waals surface area (Å²) in [7, 11) is 1.32. The minimum Gasteiger partial charge on any atom is -0.465 e. The predicted octanol–water partition coefficient (Wildman–Crippen LogP) is 4.87. The highest BCUT2D eigenvalue weighted by molar-refractivity contribution is 6.30. The molecule has 1 amide bonds. The van der Waals surface area contributed by atoms with Crippen molar-refractivity contribution in [3.8, 4) is 11.6 Å². The Balaban J connectivity index is 1.57. The van der Waals surface area contributed by atoms with Gasteiger partial charge in [0.2, 0.25) is 5.88 Å². The second kappa shape index (κ2) is 8.35. The van der Waals surface area contributed by atoms with Gasteiger partial charge < -0.3 is 14.8 Å². The molecule has 4 rings (SSSR count). The van der Waals surface area contributed by atoms with Crippen molar-refractivity contribution in [3.63, 3.8) is 0 Å². The molecule has 6 nitrogen and oxygen atoms in total. The van der Waals surface area contributed by atoms with Gasteiger partial charge >= 0.3 is 5.97 Å². The SMILES string of the molecule is COC(=O)c1ccc(C2(NC(=O)c3cc(Cl)cnc3Oc3cccc(F)c3)CC2)cc1. The van der Waals surface area contributed by atoms with Crippen molar-refractivity contribution in [1.29, 1.82) is 0 Å². The van der Waals surface area contributed by atoms with E-state index in [9.17, 15) is 14.0 Å². The number of carbonyl (C=O) groups excluding carboxylic acids is 2. The zero-order valence-electron chi connectivity index (χ0n) is 16.5. The molecule has 1 saturated carbocycles. The van der Waals surface area contributed by atoms with E-state index >= 15 is 0 Å². The molecule has 0 atom stereocenters. The lowest BCUT2D eigenvalue weighted by Gasteiger charge is -2.19. The van der Waals surface area contributed by atoms with Crippen molar-refractivity contribution in [3.05, 3.63) is 88.3 Å². The van der Waals surface area contributed by atoms with Gasteiger partial charge in [-0.25, -0.2) is 14.2 Å². The van der Waals surface area contributed by atoms with E-state index in [1.54, 1.807) is 30.3 Å². The fraction of sp³-hybridized carbons (Fsp3) is 0.174. The van der Waals surface area contributed by atoms with Crippen LogP contribution in [0.1, 0.15) is 39.1 Å². The van der Waals surface area contributed by atoms with Crippen molar-refractivity contribution in [2.24, 2.45) is 0 Å². The summed E-state index contributed by atoms with van der Waals surface area (Å²) in [6.45, 7) is 0. The van der Waals surface area contributed by atoms with Gasteiger partial charge in [0.25, 0.3) is 5.91 Å². The molecule has 3 aromatic rings. The molecule has 158 valence electrons. The largest absolute Gasteiger partial charge is 0.465 e. The zero-order valence-corrected chi connectivity index (χ0v) is 17.3. The van der Waals surface area contributed by atoms with E-state index in [0.29, 0.717) is 5.56 Å².